The average Bonchev–Trinajstić information content (AvgIpc) is 2.92. The summed E-state index contributed by atoms with van der Waals surface area (Å²) in [6, 6.07) is 7.84. The molecule has 0 N–H and O–H groups in total. The number of rotatable bonds is 3. The van der Waals surface area contributed by atoms with E-state index in [0.717, 1.165) is 11.3 Å². The van der Waals surface area contributed by atoms with E-state index in [9.17, 15) is 0 Å². The number of halogens is 1. The van der Waals surface area contributed by atoms with E-state index in [1.54, 1.807) is 20.4 Å². The number of fused-ring (bicyclic) bond motifs is 1. The molecule has 3 rings (SSSR count). The lowest BCUT2D eigenvalue weighted by molar-refractivity contribution is 0.414. The fourth-order valence-corrected chi connectivity index (χ4v) is 2.33. The van der Waals surface area contributed by atoms with Crippen molar-refractivity contribution in [2.45, 2.75) is 13.5 Å². The molecular weight excluding hydrogens is 300 g/mol. The minimum Gasteiger partial charge on any atom is -0.497 e. The fourth-order valence-electron chi connectivity index (χ4n) is 2.12. The van der Waals surface area contributed by atoms with Crippen molar-refractivity contribution in [3.8, 4) is 17.6 Å². The number of benzene rings is 1. The molecule has 0 unspecified atom stereocenters. The van der Waals surface area contributed by atoms with Crippen molar-refractivity contribution < 1.29 is 4.74 Å². The van der Waals surface area contributed by atoms with Crippen LogP contribution in [0.1, 0.15) is 18.3 Å². The van der Waals surface area contributed by atoms with Crippen molar-refractivity contribution in [2.24, 2.45) is 0 Å². The molecule has 22 heavy (non-hydrogen) atoms. The number of imidazole rings is 1. The molecule has 110 valence electrons. The molecule has 3 aromatic rings. The van der Waals surface area contributed by atoms with Crippen LogP contribution in [0.2, 0.25) is 5.15 Å². The Morgan fingerprint density at radius 1 is 1.23 bits per heavy atom. The monoisotopic (exact) mass is 312 g/mol. The van der Waals surface area contributed by atoms with Gasteiger partial charge in [0.05, 0.1) is 20.0 Å². The second-order valence-electron chi connectivity index (χ2n) is 4.61. The summed E-state index contributed by atoms with van der Waals surface area (Å²) < 4.78 is 7.08. The topological polar surface area (TPSA) is 52.8 Å². The van der Waals surface area contributed by atoms with Crippen LogP contribution in [0.25, 0.3) is 11.2 Å². The third-order valence-corrected chi connectivity index (χ3v) is 3.43. The predicted molar refractivity (Wildman–Crippen MR) is 85.0 cm³/mol. The highest BCUT2D eigenvalue weighted by Gasteiger charge is 2.11. The Labute approximate surface area is 132 Å². The van der Waals surface area contributed by atoms with E-state index in [-0.39, 0.29) is 0 Å². The van der Waals surface area contributed by atoms with Crippen molar-refractivity contribution in [2.75, 3.05) is 7.11 Å². The number of ether oxygens (including phenoxy) is 1. The Morgan fingerprint density at radius 2 is 2.00 bits per heavy atom. The molecule has 2 aromatic heterocycles. The molecule has 0 aliphatic carbocycles. The van der Waals surface area contributed by atoms with Crippen LogP contribution in [0.4, 0.5) is 0 Å². The number of hydrogen-bond acceptors (Lipinski definition) is 4. The molecule has 0 aliphatic rings. The molecule has 0 saturated carbocycles. The van der Waals surface area contributed by atoms with Crippen LogP contribution in [-0.4, -0.2) is 26.6 Å². The van der Waals surface area contributed by atoms with Crippen LogP contribution in [-0.2, 0) is 6.54 Å². The van der Waals surface area contributed by atoms with Crippen LogP contribution in [0.5, 0.6) is 5.75 Å². The van der Waals surface area contributed by atoms with Crippen LogP contribution < -0.4 is 4.74 Å². The van der Waals surface area contributed by atoms with Gasteiger partial charge in [0.1, 0.15) is 11.3 Å². The van der Waals surface area contributed by atoms with Crippen LogP contribution >= 0.6 is 11.6 Å². The maximum Gasteiger partial charge on any atom is 0.208 e. The standard InChI is InChI=1S/C16H13ClN4O/c1-3-4-13-19-15(17)14-16(20-13)21(10-18-14)9-11-5-7-12(22-2)8-6-11/h5-8,10H,9H2,1-2H3. The molecule has 0 saturated heterocycles. The molecule has 6 heteroatoms. The Kier molecular flexibility index (Phi) is 3.94. The SMILES string of the molecule is CC#Cc1nc(Cl)c2ncn(Cc3ccc(OC)cc3)c2n1. The van der Waals surface area contributed by atoms with E-state index in [2.05, 4.69) is 26.8 Å². The number of nitrogens with zero attached hydrogens (tertiary/aromatic N) is 4. The largest absolute Gasteiger partial charge is 0.497 e. The van der Waals surface area contributed by atoms with Crippen LogP contribution in [0.15, 0.2) is 30.6 Å². The number of aromatic nitrogens is 4. The molecule has 0 bridgehead atoms. The Balaban J connectivity index is 2.00. The summed E-state index contributed by atoms with van der Waals surface area (Å²) in [7, 11) is 1.65. The predicted octanol–water partition coefficient (Wildman–Crippen LogP) is 2.91. The second kappa shape index (κ2) is 6.04. The van der Waals surface area contributed by atoms with E-state index >= 15 is 0 Å². The van der Waals surface area contributed by atoms with Crippen molar-refractivity contribution in [1.29, 1.82) is 0 Å². The molecule has 0 radical (unpaired) electrons. The molecule has 0 fully saturated rings. The molecular formula is C16H13ClN4O. The van der Waals surface area contributed by atoms with Gasteiger partial charge in [-0.15, -0.1) is 0 Å². The van der Waals surface area contributed by atoms with Gasteiger partial charge in [-0.2, -0.15) is 0 Å². The summed E-state index contributed by atoms with van der Waals surface area (Å²) in [6.45, 7) is 2.36. The first-order chi connectivity index (χ1) is 10.7. The smallest absolute Gasteiger partial charge is 0.208 e. The summed E-state index contributed by atoms with van der Waals surface area (Å²) >= 11 is 6.14. The minimum atomic E-state index is 0.316. The summed E-state index contributed by atoms with van der Waals surface area (Å²) in [6.07, 6.45) is 1.71. The molecule has 0 amide bonds. The summed E-state index contributed by atoms with van der Waals surface area (Å²) in [5, 5.41) is 0.316. The van der Waals surface area contributed by atoms with E-state index in [4.69, 9.17) is 16.3 Å². The van der Waals surface area contributed by atoms with Gasteiger partial charge in [-0.05, 0) is 30.5 Å². The fraction of sp³-hybridized carbons (Fsp3) is 0.188. The summed E-state index contributed by atoms with van der Waals surface area (Å²) in [5.74, 6) is 6.82. The lowest BCUT2D eigenvalue weighted by Crippen LogP contribution is -2.01. The minimum absolute atomic E-state index is 0.316. The van der Waals surface area contributed by atoms with Gasteiger partial charge >= 0.3 is 0 Å². The lowest BCUT2D eigenvalue weighted by atomic mass is 10.2. The van der Waals surface area contributed by atoms with Gasteiger partial charge in [0.25, 0.3) is 0 Å². The zero-order valence-electron chi connectivity index (χ0n) is 12.2. The maximum atomic E-state index is 6.14. The Bertz CT molecular complexity index is 875. The van der Waals surface area contributed by atoms with Gasteiger partial charge < -0.3 is 9.30 Å². The van der Waals surface area contributed by atoms with E-state index < -0.39 is 0 Å². The van der Waals surface area contributed by atoms with Gasteiger partial charge in [-0.3, -0.25) is 0 Å². The molecule has 5 nitrogen and oxygen atoms in total. The molecule has 0 spiro atoms. The van der Waals surface area contributed by atoms with Crippen molar-refractivity contribution in [3.63, 3.8) is 0 Å². The quantitative estimate of drug-likeness (QED) is 0.551. The van der Waals surface area contributed by atoms with Gasteiger partial charge in [0.15, 0.2) is 10.8 Å². The third kappa shape index (κ3) is 2.74. The van der Waals surface area contributed by atoms with Crippen molar-refractivity contribution in [1.82, 2.24) is 19.5 Å². The van der Waals surface area contributed by atoms with Gasteiger partial charge in [0, 0.05) is 0 Å². The highest BCUT2D eigenvalue weighted by molar-refractivity contribution is 6.33. The molecule has 0 atom stereocenters. The zero-order chi connectivity index (χ0) is 15.5. The lowest BCUT2D eigenvalue weighted by Gasteiger charge is -2.05. The summed E-state index contributed by atoms with van der Waals surface area (Å²) in [5.41, 5.74) is 2.36. The van der Waals surface area contributed by atoms with Crippen molar-refractivity contribution >= 4 is 22.8 Å². The number of hydrogen-bond donors (Lipinski definition) is 0. The second-order valence-corrected chi connectivity index (χ2v) is 4.96. The first-order valence-electron chi connectivity index (χ1n) is 6.65. The Morgan fingerprint density at radius 3 is 2.68 bits per heavy atom. The highest BCUT2D eigenvalue weighted by atomic mass is 35.5. The average molecular weight is 313 g/mol. The van der Waals surface area contributed by atoms with Crippen molar-refractivity contribution in [3.05, 3.63) is 47.1 Å². The van der Waals surface area contributed by atoms with E-state index in [1.165, 1.54) is 0 Å². The van der Waals surface area contributed by atoms with Gasteiger partial charge in [0.2, 0.25) is 5.82 Å². The van der Waals surface area contributed by atoms with Crippen LogP contribution in [0.3, 0.4) is 0 Å². The summed E-state index contributed by atoms with van der Waals surface area (Å²) in [4.78, 5) is 12.8. The molecule has 2 heterocycles. The first kappa shape index (κ1) is 14.4. The van der Waals surface area contributed by atoms with Crippen LogP contribution in [0, 0.1) is 11.8 Å². The van der Waals surface area contributed by atoms with E-state index in [0.29, 0.717) is 28.7 Å². The maximum absolute atomic E-state index is 6.14. The normalized spacial score (nSPS) is 10.3. The van der Waals surface area contributed by atoms with E-state index in [1.807, 2.05) is 28.8 Å². The first-order valence-corrected chi connectivity index (χ1v) is 7.03. The molecule has 0 aliphatic heterocycles. The number of methoxy groups -OCH3 is 1. The molecule has 1 aromatic carbocycles. The zero-order valence-corrected chi connectivity index (χ0v) is 12.9. The van der Waals surface area contributed by atoms with Gasteiger partial charge in [-0.25, -0.2) is 15.0 Å². The van der Waals surface area contributed by atoms with Gasteiger partial charge in [-0.1, -0.05) is 29.7 Å². The third-order valence-electron chi connectivity index (χ3n) is 3.17. The Hall–Kier alpha value is -2.58. The highest BCUT2D eigenvalue weighted by Crippen LogP contribution is 2.20.